The molecule has 1 unspecified atom stereocenters. The molecule has 0 N–H and O–H groups in total. The Kier molecular flexibility index (Phi) is 21.8. The van der Waals surface area contributed by atoms with Gasteiger partial charge in [-0.1, -0.05) is 47.1 Å². The highest BCUT2D eigenvalue weighted by molar-refractivity contribution is 5.78. The molecule has 16 heavy (non-hydrogen) atoms. The molecular formula is C15H33N. The summed E-state index contributed by atoms with van der Waals surface area (Å²) in [5, 5.41) is 0. The Labute approximate surface area is 104 Å². The zero-order chi connectivity index (χ0) is 13.6. The highest BCUT2D eigenvalue weighted by atomic mass is 14.7. The number of hydrogen-bond donors (Lipinski definition) is 0. The van der Waals surface area contributed by atoms with E-state index in [9.17, 15) is 0 Å². The lowest BCUT2D eigenvalue weighted by atomic mass is 9.96. The molecule has 0 amide bonds. The Bertz CT molecular complexity index is 178. The first-order valence-electron chi connectivity index (χ1n) is 6.80. The van der Waals surface area contributed by atoms with Gasteiger partial charge in [0, 0.05) is 12.8 Å². The van der Waals surface area contributed by atoms with Gasteiger partial charge in [0.05, 0.1) is 0 Å². The molecule has 1 nitrogen and oxygen atoms in total. The first-order chi connectivity index (χ1) is 7.63. The average Bonchev–Trinajstić information content (AvgIpc) is 2.38. The zero-order valence-electron chi connectivity index (χ0n) is 13.0. The fraction of sp³-hybridized carbons (Fsp3) is 0.800. The summed E-state index contributed by atoms with van der Waals surface area (Å²) in [5.74, 6) is 0.688. The first-order valence-corrected chi connectivity index (χ1v) is 6.80. The summed E-state index contributed by atoms with van der Waals surface area (Å²) in [6, 6.07) is 0. The largest absolute Gasteiger partial charge is 0.293 e. The van der Waals surface area contributed by atoms with Crippen LogP contribution in [0.1, 0.15) is 68.7 Å². The molecule has 98 valence electrons. The van der Waals surface area contributed by atoms with Gasteiger partial charge in [-0.05, 0) is 38.7 Å². The van der Waals surface area contributed by atoms with Gasteiger partial charge in [0.25, 0.3) is 0 Å². The summed E-state index contributed by atoms with van der Waals surface area (Å²) in [7, 11) is 0. The van der Waals surface area contributed by atoms with E-state index in [1.165, 1.54) is 17.6 Å². The van der Waals surface area contributed by atoms with Crippen LogP contribution < -0.4 is 0 Å². The van der Waals surface area contributed by atoms with Crippen LogP contribution >= 0.6 is 0 Å². The van der Waals surface area contributed by atoms with Crippen molar-refractivity contribution >= 4 is 6.21 Å². The molecule has 1 heteroatoms. The predicted molar refractivity (Wildman–Crippen MR) is 79.6 cm³/mol. The van der Waals surface area contributed by atoms with Crippen LogP contribution in [0.5, 0.6) is 0 Å². The summed E-state index contributed by atoms with van der Waals surface area (Å²) in [6.45, 7) is 19.8. The van der Waals surface area contributed by atoms with E-state index in [0.717, 1.165) is 6.54 Å². The van der Waals surface area contributed by atoms with Crippen molar-refractivity contribution in [2.75, 3.05) is 6.54 Å². The van der Waals surface area contributed by atoms with Crippen LogP contribution in [0.3, 0.4) is 0 Å². The zero-order valence-corrected chi connectivity index (χ0v) is 13.0. The van der Waals surface area contributed by atoms with Crippen molar-refractivity contribution in [1.29, 1.82) is 0 Å². The summed E-state index contributed by atoms with van der Waals surface area (Å²) < 4.78 is 0. The van der Waals surface area contributed by atoms with Gasteiger partial charge in [0.15, 0.2) is 0 Å². The van der Waals surface area contributed by atoms with Gasteiger partial charge in [0.2, 0.25) is 0 Å². The second-order valence-electron chi connectivity index (χ2n) is 3.30. The highest BCUT2D eigenvalue weighted by Gasteiger charge is 2.02. The van der Waals surface area contributed by atoms with E-state index in [4.69, 9.17) is 0 Å². The lowest BCUT2D eigenvalue weighted by Gasteiger charge is -2.10. The smallest absolute Gasteiger partial charge is 0.0361 e. The van der Waals surface area contributed by atoms with E-state index < -0.39 is 0 Å². The quantitative estimate of drug-likeness (QED) is 0.561. The molecule has 0 aromatic carbocycles. The molecule has 0 aromatic rings. The maximum Gasteiger partial charge on any atom is 0.0361 e. The monoisotopic (exact) mass is 227 g/mol. The fourth-order valence-electron chi connectivity index (χ4n) is 1.02. The van der Waals surface area contributed by atoms with Crippen LogP contribution in [0.2, 0.25) is 0 Å². The fourth-order valence-corrected chi connectivity index (χ4v) is 1.02. The van der Waals surface area contributed by atoms with Gasteiger partial charge in [-0.2, -0.15) is 0 Å². The first kappa shape index (κ1) is 20.8. The topological polar surface area (TPSA) is 12.4 Å². The summed E-state index contributed by atoms with van der Waals surface area (Å²) >= 11 is 0. The van der Waals surface area contributed by atoms with Gasteiger partial charge in [0.1, 0.15) is 0 Å². The van der Waals surface area contributed by atoms with Crippen molar-refractivity contribution < 1.29 is 0 Å². The normalized spacial score (nSPS) is 13.1. The van der Waals surface area contributed by atoms with Gasteiger partial charge in [-0.3, -0.25) is 4.99 Å². The molecule has 0 aliphatic heterocycles. The van der Waals surface area contributed by atoms with Crippen molar-refractivity contribution in [2.24, 2.45) is 10.9 Å². The lowest BCUT2D eigenvalue weighted by Crippen LogP contribution is -1.98. The molecule has 0 rings (SSSR count). The Morgan fingerprint density at radius 2 is 1.50 bits per heavy atom. The van der Waals surface area contributed by atoms with Crippen molar-refractivity contribution in [2.45, 2.75) is 68.7 Å². The molecule has 0 fully saturated rings. The van der Waals surface area contributed by atoms with Crippen molar-refractivity contribution in [3.05, 3.63) is 11.1 Å². The summed E-state index contributed by atoms with van der Waals surface area (Å²) in [5.41, 5.74) is 2.79. The SMILES string of the molecule is CC.CC.CCN=C/C(C)=C(\C)C(C)CC. The molecule has 0 spiro atoms. The molecule has 0 aromatic heterocycles. The number of aliphatic imine (C=N–C) groups is 1. The second kappa shape index (κ2) is 16.8. The Morgan fingerprint density at radius 1 is 1.06 bits per heavy atom. The molecule has 0 aliphatic rings. The average molecular weight is 227 g/mol. The minimum absolute atomic E-state index is 0.688. The van der Waals surface area contributed by atoms with E-state index in [-0.39, 0.29) is 0 Å². The van der Waals surface area contributed by atoms with Gasteiger partial charge in [-0.25, -0.2) is 0 Å². The molecule has 0 heterocycles. The van der Waals surface area contributed by atoms with E-state index in [1.807, 2.05) is 33.9 Å². The van der Waals surface area contributed by atoms with Crippen molar-refractivity contribution in [3.8, 4) is 0 Å². The van der Waals surface area contributed by atoms with Crippen molar-refractivity contribution in [3.63, 3.8) is 0 Å². The van der Waals surface area contributed by atoms with E-state index >= 15 is 0 Å². The molecule has 1 atom stereocenters. The standard InChI is InChI=1S/C11H21N.2C2H6/c1-6-9(3)11(5)10(4)8-12-7-2;2*1-2/h8-9H,6-7H2,1-5H3;2*1-2H3/b11-10+,12-8?;;. The highest BCUT2D eigenvalue weighted by Crippen LogP contribution is 2.16. The molecule has 0 saturated heterocycles. The Morgan fingerprint density at radius 3 is 1.81 bits per heavy atom. The third kappa shape index (κ3) is 11.5. The lowest BCUT2D eigenvalue weighted by molar-refractivity contribution is 0.652. The number of rotatable bonds is 4. The molecule has 0 bridgehead atoms. The van der Waals surface area contributed by atoms with Crippen molar-refractivity contribution in [1.82, 2.24) is 0 Å². The minimum atomic E-state index is 0.688. The van der Waals surface area contributed by atoms with Crippen LogP contribution in [0, 0.1) is 5.92 Å². The van der Waals surface area contributed by atoms with Crippen LogP contribution in [0.4, 0.5) is 0 Å². The third-order valence-electron chi connectivity index (χ3n) is 2.44. The Hall–Kier alpha value is -0.590. The number of nitrogens with zero attached hydrogens (tertiary/aromatic N) is 1. The maximum absolute atomic E-state index is 4.23. The van der Waals surface area contributed by atoms with Crippen LogP contribution in [-0.4, -0.2) is 12.8 Å². The molecule has 0 saturated carbocycles. The molecule has 0 aliphatic carbocycles. The minimum Gasteiger partial charge on any atom is -0.293 e. The molecule has 0 radical (unpaired) electrons. The second-order valence-corrected chi connectivity index (χ2v) is 3.30. The third-order valence-corrected chi connectivity index (χ3v) is 2.44. The van der Waals surface area contributed by atoms with Crippen LogP contribution in [0.15, 0.2) is 16.1 Å². The molecular weight excluding hydrogens is 194 g/mol. The Balaban J connectivity index is -0.000000376. The van der Waals surface area contributed by atoms with Gasteiger partial charge >= 0.3 is 0 Å². The van der Waals surface area contributed by atoms with E-state index in [2.05, 4.69) is 39.6 Å². The van der Waals surface area contributed by atoms with E-state index in [1.54, 1.807) is 0 Å². The number of hydrogen-bond acceptors (Lipinski definition) is 1. The number of allylic oxidation sites excluding steroid dienone is 2. The predicted octanol–water partition coefficient (Wildman–Crippen LogP) is 5.51. The van der Waals surface area contributed by atoms with Crippen LogP contribution in [-0.2, 0) is 0 Å². The van der Waals surface area contributed by atoms with E-state index in [0.29, 0.717) is 5.92 Å². The summed E-state index contributed by atoms with van der Waals surface area (Å²) in [6.07, 6.45) is 3.20. The van der Waals surface area contributed by atoms with Gasteiger partial charge in [-0.15, -0.1) is 0 Å². The maximum atomic E-state index is 4.23. The van der Waals surface area contributed by atoms with Crippen LogP contribution in [0.25, 0.3) is 0 Å². The summed E-state index contributed by atoms with van der Waals surface area (Å²) in [4.78, 5) is 4.23. The van der Waals surface area contributed by atoms with Gasteiger partial charge < -0.3 is 0 Å².